The van der Waals surface area contributed by atoms with E-state index in [1.165, 1.54) is 0 Å². The molecule has 0 spiro atoms. The SMILES string of the molecule is O=C(Nc1ccccc1)/C(=C/Sc1ccccc1)c1cccs1. The molecule has 2 nitrogen and oxygen atoms in total. The number of benzene rings is 2. The number of amides is 1. The number of hydrogen-bond donors (Lipinski definition) is 1. The molecular formula is C19H15NOS2. The minimum absolute atomic E-state index is 0.0953. The fraction of sp³-hybridized carbons (Fsp3) is 0. The van der Waals surface area contributed by atoms with Crippen LogP contribution in [0.25, 0.3) is 5.57 Å². The fourth-order valence-electron chi connectivity index (χ4n) is 2.00. The number of carbonyl (C=O) groups excluding carboxylic acids is 1. The molecule has 1 amide bonds. The average molecular weight is 337 g/mol. The molecule has 1 aromatic heterocycles. The number of carbonyl (C=O) groups is 1. The molecule has 1 heterocycles. The Hall–Kier alpha value is -2.30. The first-order valence-electron chi connectivity index (χ1n) is 7.15. The molecule has 0 fully saturated rings. The Morgan fingerprint density at radius 3 is 2.26 bits per heavy atom. The molecule has 3 rings (SSSR count). The van der Waals surface area contributed by atoms with E-state index in [2.05, 4.69) is 5.32 Å². The Morgan fingerprint density at radius 2 is 1.61 bits per heavy atom. The van der Waals surface area contributed by atoms with Gasteiger partial charge in [0.05, 0.1) is 5.57 Å². The predicted molar refractivity (Wildman–Crippen MR) is 99.7 cm³/mol. The molecule has 114 valence electrons. The van der Waals surface area contributed by atoms with Crippen LogP contribution in [0.2, 0.25) is 0 Å². The number of nitrogens with one attached hydrogen (secondary N) is 1. The Labute approximate surface area is 143 Å². The molecule has 3 aromatic rings. The third kappa shape index (κ3) is 4.34. The maximum atomic E-state index is 12.6. The van der Waals surface area contributed by atoms with E-state index in [-0.39, 0.29) is 5.91 Å². The van der Waals surface area contributed by atoms with Gasteiger partial charge in [-0.25, -0.2) is 0 Å². The lowest BCUT2D eigenvalue weighted by Gasteiger charge is -2.08. The monoisotopic (exact) mass is 337 g/mol. The van der Waals surface area contributed by atoms with Gasteiger partial charge in [0.1, 0.15) is 0 Å². The number of anilines is 1. The van der Waals surface area contributed by atoms with E-state index in [1.807, 2.05) is 83.6 Å². The van der Waals surface area contributed by atoms with Gasteiger partial charge in [-0.15, -0.1) is 11.3 Å². The first-order chi connectivity index (χ1) is 11.3. The van der Waals surface area contributed by atoms with Gasteiger partial charge in [-0.2, -0.15) is 0 Å². The molecule has 0 atom stereocenters. The Kier molecular flexibility index (Phi) is 5.29. The largest absolute Gasteiger partial charge is 0.322 e. The van der Waals surface area contributed by atoms with Crippen LogP contribution in [0, 0.1) is 0 Å². The molecule has 1 N–H and O–H groups in total. The van der Waals surface area contributed by atoms with Gasteiger partial charge in [0.25, 0.3) is 5.91 Å². The van der Waals surface area contributed by atoms with E-state index < -0.39 is 0 Å². The fourth-order valence-corrected chi connectivity index (χ4v) is 3.62. The number of thioether (sulfide) groups is 1. The van der Waals surface area contributed by atoms with Crippen LogP contribution in [-0.2, 0) is 4.79 Å². The van der Waals surface area contributed by atoms with E-state index in [9.17, 15) is 4.79 Å². The van der Waals surface area contributed by atoms with Crippen molar-refractivity contribution in [3.05, 3.63) is 88.5 Å². The van der Waals surface area contributed by atoms with Crippen molar-refractivity contribution in [1.82, 2.24) is 0 Å². The van der Waals surface area contributed by atoms with Gasteiger partial charge in [-0.3, -0.25) is 4.79 Å². The molecule has 0 bridgehead atoms. The maximum absolute atomic E-state index is 12.6. The summed E-state index contributed by atoms with van der Waals surface area (Å²) in [4.78, 5) is 14.7. The highest BCUT2D eigenvalue weighted by atomic mass is 32.2. The Balaban J connectivity index is 1.82. The van der Waals surface area contributed by atoms with Crippen LogP contribution in [0.4, 0.5) is 5.69 Å². The minimum Gasteiger partial charge on any atom is -0.322 e. The van der Waals surface area contributed by atoms with Crippen LogP contribution in [0.15, 0.2) is 88.5 Å². The van der Waals surface area contributed by atoms with E-state index in [4.69, 9.17) is 0 Å². The molecule has 2 aromatic carbocycles. The summed E-state index contributed by atoms with van der Waals surface area (Å²) in [6, 6.07) is 23.4. The minimum atomic E-state index is -0.0953. The van der Waals surface area contributed by atoms with Crippen LogP contribution in [0.5, 0.6) is 0 Å². The van der Waals surface area contributed by atoms with E-state index in [1.54, 1.807) is 23.1 Å². The van der Waals surface area contributed by atoms with Crippen molar-refractivity contribution >= 4 is 40.3 Å². The number of para-hydroxylation sites is 1. The molecule has 23 heavy (non-hydrogen) atoms. The molecule has 0 aliphatic heterocycles. The summed E-state index contributed by atoms with van der Waals surface area (Å²) in [7, 11) is 0. The molecule has 0 radical (unpaired) electrons. The average Bonchev–Trinajstić information content (AvgIpc) is 3.11. The highest BCUT2D eigenvalue weighted by Gasteiger charge is 2.13. The summed E-state index contributed by atoms with van der Waals surface area (Å²) >= 11 is 3.11. The lowest BCUT2D eigenvalue weighted by molar-refractivity contribution is -0.111. The van der Waals surface area contributed by atoms with Gasteiger partial charge in [0, 0.05) is 15.5 Å². The van der Waals surface area contributed by atoms with Gasteiger partial charge in [-0.05, 0) is 41.1 Å². The van der Waals surface area contributed by atoms with Crippen LogP contribution in [0.1, 0.15) is 4.88 Å². The van der Waals surface area contributed by atoms with Gasteiger partial charge in [-0.1, -0.05) is 54.2 Å². The number of hydrogen-bond acceptors (Lipinski definition) is 3. The van der Waals surface area contributed by atoms with Crippen LogP contribution in [0.3, 0.4) is 0 Å². The van der Waals surface area contributed by atoms with E-state index in [0.717, 1.165) is 15.5 Å². The molecule has 0 saturated heterocycles. The Morgan fingerprint density at radius 1 is 0.913 bits per heavy atom. The lowest BCUT2D eigenvalue weighted by Crippen LogP contribution is -2.12. The van der Waals surface area contributed by atoms with Crippen molar-refractivity contribution in [2.24, 2.45) is 0 Å². The second kappa shape index (κ2) is 7.81. The second-order valence-corrected chi connectivity index (χ2v) is 6.65. The van der Waals surface area contributed by atoms with Crippen LogP contribution >= 0.6 is 23.1 Å². The van der Waals surface area contributed by atoms with Crippen LogP contribution < -0.4 is 5.32 Å². The van der Waals surface area contributed by atoms with Crippen molar-refractivity contribution in [3.8, 4) is 0 Å². The third-order valence-corrected chi connectivity index (χ3v) is 4.92. The number of thiophene rings is 1. The summed E-state index contributed by atoms with van der Waals surface area (Å²) < 4.78 is 0. The zero-order valence-electron chi connectivity index (χ0n) is 12.3. The Bertz CT molecular complexity index is 781. The summed E-state index contributed by atoms with van der Waals surface area (Å²) in [6.45, 7) is 0. The summed E-state index contributed by atoms with van der Waals surface area (Å²) in [5.74, 6) is -0.0953. The molecular weight excluding hydrogens is 322 g/mol. The third-order valence-electron chi connectivity index (χ3n) is 3.12. The normalized spacial score (nSPS) is 11.2. The summed E-state index contributed by atoms with van der Waals surface area (Å²) in [6.07, 6.45) is 0. The van der Waals surface area contributed by atoms with Gasteiger partial charge in [0.15, 0.2) is 0 Å². The second-order valence-electron chi connectivity index (χ2n) is 4.76. The van der Waals surface area contributed by atoms with E-state index >= 15 is 0 Å². The first-order valence-corrected chi connectivity index (χ1v) is 8.91. The maximum Gasteiger partial charge on any atom is 0.257 e. The lowest BCUT2D eigenvalue weighted by atomic mass is 10.2. The molecule has 4 heteroatoms. The highest BCUT2D eigenvalue weighted by molar-refractivity contribution is 8.02. The van der Waals surface area contributed by atoms with Crippen LogP contribution in [-0.4, -0.2) is 5.91 Å². The quantitative estimate of drug-likeness (QED) is 0.490. The standard InChI is InChI=1S/C19H15NOS2/c21-19(20-15-8-3-1-4-9-15)17(18-12-7-13-22-18)14-23-16-10-5-2-6-11-16/h1-14H,(H,20,21)/b17-14+. The number of rotatable bonds is 5. The predicted octanol–water partition coefficient (Wildman–Crippen LogP) is 5.52. The van der Waals surface area contributed by atoms with Crippen molar-refractivity contribution in [3.63, 3.8) is 0 Å². The summed E-state index contributed by atoms with van der Waals surface area (Å²) in [5, 5.41) is 6.85. The van der Waals surface area contributed by atoms with Crippen molar-refractivity contribution in [2.45, 2.75) is 4.90 Å². The van der Waals surface area contributed by atoms with Crippen molar-refractivity contribution < 1.29 is 4.79 Å². The van der Waals surface area contributed by atoms with Crippen molar-refractivity contribution in [1.29, 1.82) is 0 Å². The van der Waals surface area contributed by atoms with E-state index in [0.29, 0.717) is 5.57 Å². The molecule has 0 unspecified atom stereocenters. The van der Waals surface area contributed by atoms with Gasteiger partial charge in [0.2, 0.25) is 0 Å². The molecule has 0 aliphatic rings. The molecule has 0 aliphatic carbocycles. The zero-order chi connectivity index (χ0) is 15.9. The van der Waals surface area contributed by atoms with Gasteiger partial charge < -0.3 is 5.32 Å². The van der Waals surface area contributed by atoms with Gasteiger partial charge >= 0.3 is 0 Å². The summed E-state index contributed by atoms with van der Waals surface area (Å²) in [5.41, 5.74) is 1.47. The molecule has 0 saturated carbocycles. The zero-order valence-corrected chi connectivity index (χ0v) is 13.9. The smallest absolute Gasteiger partial charge is 0.257 e. The highest BCUT2D eigenvalue weighted by Crippen LogP contribution is 2.28. The first kappa shape index (κ1) is 15.6. The topological polar surface area (TPSA) is 29.1 Å². The van der Waals surface area contributed by atoms with Crippen molar-refractivity contribution in [2.75, 3.05) is 5.32 Å².